The summed E-state index contributed by atoms with van der Waals surface area (Å²) in [5.74, 6) is 1.47. The maximum Gasteiger partial charge on any atom is 0.119 e. The predicted molar refractivity (Wildman–Crippen MR) is 79.0 cm³/mol. The molecular formula is C16H17BrO. The quantitative estimate of drug-likeness (QED) is 0.759. The highest BCUT2D eigenvalue weighted by Crippen LogP contribution is 2.21. The van der Waals surface area contributed by atoms with Crippen molar-refractivity contribution in [3.05, 3.63) is 64.1 Å². The molecule has 0 atom stereocenters. The van der Waals surface area contributed by atoms with E-state index in [9.17, 15) is 0 Å². The van der Waals surface area contributed by atoms with Gasteiger partial charge in [0, 0.05) is 10.0 Å². The summed E-state index contributed by atoms with van der Waals surface area (Å²) >= 11 is 3.52. The van der Waals surface area contributed by atoms with Gasteiger partial charge in [0.2, 0.25) is 0 Å². The van der Waals surface area contributed by atoms with E-state index in [1.807, 2.05) is 30.3 Å². The zero-order valence-electron chi connectivity index (χ0n) is 10.7. The number of halogens is 1. The second-order valence-electron chi connectivity index (χ2n) is 4.60. The molecule has 2 aromatic carbocycles. The van der Waals surface area contributed by atoms with Crippen molar-refractivity contribution in [3.63, 3.8) is 0 Å². The lowest BCUT2D eigenvalue weighted by molar-refractivity contribution is 0.305. The third-order valence-corrected chi connectivity index (χ3v) is 3.67. The van der Waals surface area contributed by atoms with Crippen LogP contribution >= 0.6 is 15.9 Å². The van der Waals surface area contributed by atoms with Gasteiger partial charge in [0.05, 0.1) is 0 Å². The van der Waals surface area contributed by atoms with Gasteiger partial charge in [-0.1, -0.05) is 60.1 Å². The summed E-state index contributed by atoms with van der Waals surface area (Å²) in [4.78, 5) is 0. The van der Waals surface area contributed by atoms with Crippen LogP contribution in [0, 0.1) is 0 Å². The lowest BCUT2D eigenvalue weighted by Gasteiger charge is -2.09. The lowest BCUT2D eigenvalue weighted by atomic mass is 10.0. The Labute approximate surface area is 117 Å². The Hall–Kier alpha value is -1.28. The second kappa shape index (κ2) is 6.05. The summed E-state index contributed by atoms with van der Waals surface area (Å²) in [6.07, 6.45) is 0. The Kier molecular flexibility index (Phi) is 4.43. The highest BCUT2D eigenvalue weighted by atomic mass is 79.9. The smallest absolute Gasteiger partial charge is 0.119 e. The van der Waals surface area contributed by atoms with E-state index < -0.39 is 0 Å². The van der Waals surface area contributed by atoms with Crippen LogP contribution in [0.4, 0.5) is 0 Å². The van der Waals surface area contributed by atoms with Gasteiger partial charge in [-0.3, -0.25) is 0 Å². The first-order chi connectivity index (χ1) is 8.66. The number of rotatable bonds is 4. The minimum Gasteiger partial charge on any atom is -0.489 e. The average molecular weight is 305 g/mol. The molecule has 0 bridgehead atoms. The molecule has 18 heavy (non-hydrogen) atoms. The van der Waals surface area contributed by atoms with Crippen LogP contribution in [-0.4, -0.2) is 0 Å². The van der Waals surface area contributed by atoms with E-state index >= 15 is 0 Å². The highest BCUT2D eigenvalue weighted by Gasteiger charge is 2.01. The Morgan fingerprint density at radius 2 is 1.67 bits per heavy atom. The Bertz CT molecular complexity index is 503. The summed E-state index contributed by atoms with van der Waals surface area (Å²) in [5, 5.41) is 0. The highest BCUT2D eigenvalue weighted by molar-refractivity contribution is 9.10. The zero-order valence-corrected chi connectivity index (χ0v) is 12.3. The molecule has 0 unspecified atom stereocenters. The van der Waals surface area contributed by atoms with Gasteiger partial charge in [-0.2, -0.15) is 0 Å². The summed E-state index contributed by atoms with van der Waals surface area (Å²) in [7, 11) is 0. The van der Waals surface area contributed by atoms with E-state index in [1.165, 1.54) is 5.56 Å². The molecule has 0 aromatic heterocycles. The molecule has 0 amide bonds. The molecule has 2 rings (SSSR count). The van der Waals surface area contributed by atoms with Gasteiger partial charge < -0.3 is 4.74 Å². The summed E-state index contributed by atoms with van der Waals surface area (Å²) in [5.41, 5.74) is 2.49. The van der Waals surface area contributed by atoms with Crippen LogP contribution in [0.1, 0.15) is 30.9 Å². The average Bonchev–Trinajstić information content (AvgIpc) is 2.38. The van der Waals surface area contributed by atoms with Crippen molar-refractivity contribution < 1.29 is 4.74 Å². The third-order valence-electron chi connectivity index (χ3n) is 2.90. The molecule has 2 aromatic rings. The SMILES string of the molecule is CC(C)c1ccc(OCc2ccccc2Br)cc1. The Balaban J connectivity index is 2.00. The van der Waals surface area contributed by atoms with Crippen molar-refractivity contribution in [2.75, 3.05) is 0 Å². The van der Waals surface area contributed by atoms with Crippen molar-refractivity contribution in [2.24, 2.45) is 0 Å². The fourth-order valence-corrected chi connectivity index (χ4v) is 2.12. The van der Waals surface area contributed by atoms with Crippen molar-refractivity contribution in [3.8, 4) is 5.75 Å². The summed E-state index contributed by atoms with van der Waals surface area (Å²) in [6, 6.07) is 16.4. The molecule has 0 N–H and O–H groups in total. The van der Waals surface area contributed by atoms with Crippen LogP contribution in [0.25, 0.3) is 0 Å². The molecule has 94 valence electrons. The molecule has 1 nitrogen and oxygen atoms in total. The number of hydrogen-bond acceptors (Lipinski definition) is 1. The molecular weight excluding hydrogens is 288 g/mol. The molecule has 0 heterocycles. The number of benzene rings is 2. The molecule has 0 aliphatic rings. The van der Waals surface area contributed by atoms with Gasteiger partial charge in [0.25, 0.3) is 0 Å². The minimum absolute atomic E-state index is 0.558. The van der Waals surface area contributed by atoms with Gasteiger partial charge in [0.15, 0.2) is 0 Å². The zero-order chi connectivity index (χ0) is 13.0. The van der Waals surface area contributed by atoms with Crippen LogP contribution < -0.4 is 4.74 Å². The van der Waals surface area contributed by atoms with Gasteiger partial charge >= 0.3 is 0 Å². The molecule has 0 aliphatic carbocycles. The first kappa shape index (κ1) is 13.2. The molecule has 0 saturated heterocycles. The summed E-state index contributed by atoms with van der Waals surface area (Å²) < 4.78 is 6.86. The molecule has 0 saturated carbocycles. The monoisotopic (exact) mass is 304 g/mol. The van der Waals surface area contributed by atoms with E-state index in [1.54, 1.807) is 0 Å². The molecule has 0 aliphatic heterocycles. The predicted octanol–water partition coefficient (Wildman–Crippen LogP) is 5.15. The van der Waals surface area contributed by atoms with Gasteiger partial charge in [-0.15, -0.1) is 0 Å². The first-order valence-corrected chi connectivity index (χ1v) is 6.92. The first-order valence-electron chi connectivity index (χ1n) is 6.13. The topological polar surface area (TPSA) is 9.23 Å². The Morgan fingerprint density at radius 3 is 2.28 bits per heavy atom. The van der Waals surface area contributed by atoms with Crippen LogP contribution in [0.2, 0.25) is 0 Å². The van der Waals surface area contributed by atoms with Gasteiger partial charge in [0.1, 0.15) is 12.4 Å². The van der Waals surface area contributed by atoms with E-state index in [0.717, 1.165) is 15.8 Å². The van der Waals surface area contributed by atoms with Crippen molar-refractivity contribution in [2.45, 2.75) is 26.4 Å². The van der Waals surface area contributed by atoms with Crippen LogP contribution in [-0.2, 0) is 6.61 Å². The number of hydrogen-bond donors (Lipinski definition) is 0. The van der Waals surface area contributed by atoms with E-state index in [2.05, 4.69) is 48.0 Å². The van der Waals surface area contributed by atoms with Crippen LogP contribution in [0.3, 0.4) is 0 Å². The molecule has 0 radical (unpaired) electrons. The minimum atomic E-state index is 0.558. The lowest BCUT2D eigenvalue weighted by Crippen LogP contribution is -1.96. The van der Waals surface area contributed by atoms with Crippen molar-refractivity contribution in [1.29, 1.82) is 0 Å². The second-order valence-corrected chi connectivity index (χ2v) is 5.46. The van der Waals surface area contributed by atoms with Gasteiger partial charge in [-0.05, 0) is 29.7 Å². The fraction of sp³-hybridized carbons (Fsp3) is 0.250. The molecule has 0 spiro atoms. The maximum atomic E-state index is 5.78. The Morgan fingerprint density at radius 1 is 1.00 bits per heavy atom. The van der Waals surface area contributed by atoms with Crippen molar-refractivity contribution in [1.82, 2.24) is 0 Å². The standard InChI is InChI=1S/C16H17BrO/c1-12(2)13-7-9-15(10-8-13)18-11-14-5-3-4-6-16(14)17/h3-10,12H,11H2,1-2H3. The number of ether oxygens (including phenoxy) is 1. The summed E-state index contributed by atoms with van der Waals surface area (Å²) in [6.45, 7) is 4.97. The van der Waals surface area contributed by atoms with Gasteiger partial charge in [-0.25, -0.2) is 0 Å². The van der Waals surface area contributed by atoms with Crippen LogP contribution in [0.5, 0.6) is 5.75 Å². The molecule has 2 heteroatoms. The van der Waals surface area contributed by atoms with E-state index in [0.29, 0.717) is 12.5 Å². The fourth-order valence-electron chi connectivity index (χ4n) is 1.73. The third kappa shape index (κ3) is 3.36. The maximum absolute atomic E-state index is 5.78. The van der Waals surface area contributed by atoms with E-state index in [4.69, 9.17) is 4.74 Å². The normalized spacial score (nSPS) is 10.7. The van der Waals surface area contributed by atoms with Crippen molar-refractivity contribution >= 4 is 15.9 Å². The van der Waals surface area contributed by atoms with E-state index in [-0.39, 0.29) is 0 Å². The van der Waals surface area contributed by atoms with Crippen LogP contribution in [0.15, 0.2) is 53.0 Å². The molecule has 0 fully saturated rings. The largest absolute Gasteiger partial charge is 0.489 e.